The fourth-order valence-corrected chi connectivity index (χ4v) is 3.45. The normalized spacial score (nSPS) is 14.2. The van der Waals surface area contributed by atoms with Gasteiger partial charge in [-0.05, 0) is 36.2 Å². The number of benzene rings is 1. The van der Waals surface area contributed by atoms with Crippen LogP contribution < -0.4 is 10.5 Å². The molecule has 0 amide bonds. The fraction of sp³-hybridized carbons (Fsp3) is 0.300. The molecule has 134 valence electrons. The van der Waals surface area contributed by atoms with Crippen molar-refractivity contribution in [1.82, 2.24) is 19.7 Å². The van der Waals surface area contributed by atoms with Gasteiger partial charge in [-0.1, -0.05) is 18.2 Å². The van der Waals surface area contributed by atoms with E-state index in [0.717, 1.165) is 37.3 Å². The average molecular weight is 349 g/mol. The van der Waals surface area contributed by atoms with E-state index in [1.165, 1.54) is 11.3 Å². The van der Waals surface area contributed by atoms with Crippen LogP contribution >= 0.6 is 0 Å². The molecule has 1 N–H and O–H groups in total. The van der Waals surface area contributed by atoms with Crippen LogP contribution in [0, 0.1) is 0 Å². The van der Waals surface area contributed by atoms with E-state index in [1.54, 1.807) is 10.9 Å². The molecule has 4 rings (SSSR count). The third-order valence-corrected chi connectivity index (χ3v) is 4.84. The summed E-state index contributed by atoms with van der Waals surface area (Å²) in [6.07, 6.45) is 2.46. The number of aromatic amines is 1. The summed E-state index contributed by atoms with van der Waals surface area (Å²) < 4.78 is 1.56. The minimum atomic E-state index is 0.0213. The molecule has 0 saturated carbocycles. The average Bonchev–Trinajstić information content (AvgIpc) is 2.99. The highest BCUT2D eigenvalue weighted by atomic mass is 16.1. The molecule has 6 nitrogen and oxygen atoms in total. The van der Waals surface area contributed by atoms with E-state index in [0.29, 0.717) is 5.82 Å². The van der Waals surface area contributed by atoms with E-state index >= 15 is 0 Å². The second-order valence-electron chi connectivity index (χ2n) is 6.92. The van der Waals surface area contributed by atoms with Crippen molar-refractivity contribution in [3.63, 3.8) is 0 Å². The van der Waals surface area contributed by atoms with E-state index in [1.807, 2.05) is 18.2 Å². The number of fused-ring (bicyclic) bond motifs is 1. The number of nitrogens with one attached hydrogen (secondary N) is 1. The zero-order valence-corrected chi connectivity index (χ0v) is 15.1. The van der Waals surface area contributed by atoms with Gasteiger partial charge in [0.25, 0.3) is 5.56 Å². The minimum Gasteiger partial charge on any atom is -0.378 e. The molecule has 0 fully saturated rings. The lowest BCUT2D eigenvalue weighted by Crippen LogP contribution is -2.31. The van der Waals surface area contributed by atoms with Gasteiger partial charge in [0, 0.05) is 51.2 Å². The summed E-state index contributed by atoms with van der Waals surface area (Å²) in [5, 5.41) is 3.26. The number of aromatic nitrogens is 3. The first-order chi connectivity index (χ1) is 12.6. The summed E-state index contributed by atoms with van der Waals surface area (Å²) in [5.41, 5.74) is 4.39. The number of pyridine rings is 1. The molecule has 6 heteroatoms. The molecule has 0 spiro atoms. The van der Waals surface area contributed by atoms with Gasteiger partial charge in [0.15, 0.2) is 5.82 Å². The Labute approximate surface area is 152 Å². The number of nitrogens with zero attached hydrogens (tertiary/aromatic N) is 4. The molecule has 0 saturated heterocycles. The van der Waals surface area contributed by atoms with Crippen LogP contribution in [0.5, 0.6) is 0 Å². The summed E-state index contributed by atoms with van der Waals surface area (Å²) in [5.74, 6) is 0.636. The lowest BCUT2D eigenvalue weighted by molar-refractivity contribution is 0.242. The van der Waals surface area contributed by atoms with Crippen LogP contribution in [0.3, 0.4) is 0 Å². The molecule has 0 atom stereocenters. The molecule has 1 aromatic carbocycles. The molecule has 0 aliphatic carbocycles. The Bertz CT molecular complexity index is 958. The molecule has 26 heavy (non-hydrogen) atoms. The van der Waals surface area contributed by atoms with E-state index in [4.69, 9.17) is 0 Å². The van der Waals surface area contributed by atoms with Crippen molar-refractivity contribution in [1.29, 1.82) is 0 Å². The third-order valence-electron chi connectivity index (χ3n) is 4.84. The SMILES string of the molecule is CN(C)c1cccc(CN2CCc3c([nH]n(-c4ccccn4)c3=O)C2)c1. The van der Waals surface area contributed by atoms with Gasteiger partial charge >= 0.3 is 0 Å². The zero-order valence-electron chi connectivity index (χ0n) is 15.1. The maximum atomic E-state index is 12.7. The molecule has 3 heterocycles. The van der Waals surface area contributed by atoms with Gasteiger partial charge in [-0.15, -0.1) is 0 Å². The maximum absolute atomic E-state index is 12.7. The van der Waals surface area contributed by atoms with Crippen molar-refractivity contribution in [2.45, 2.75) is 19.5 Å². The predicted molar refractivity (Wildman–Crippen MR) is 103 cm³/mol. The predicted octanol–water partition coefficient (Wildman–Crippen LogP) is 2.18. The second-order valence-corrected chi connectivity index (χ2v) is 6.92. The van der Waals surface area contributed by atoms with Gasteiger partial charge in [0.2, 0.25) is 0 Å². The van der Waals surface area contributed by atoms with Crippen molar-refractivity contribution < 1.29 is 0 Å². The Morgan fingerprint density at radius 3 is 2.85 bits per heavy atom. The molecule has 0 bridgehead atoms. The maximum Gasteiger partial charge on any atom is 0.276 e. The van der Waals surface area contributed by atoms with E-state index in [9.17, 15) is 4.79 Å². The zero-order chi connectivity index (χ0) is 18.1. The highest BCUT2D eigenvalue weighted by molar-refractivity contribution is 5.47. The number of rotatable bonds is 4. The van der Waals surface area contributed by atoms with Crippen molar-refractivity contribution in [3.8, 4) is 5.82 Å². The second kappa shape index (κ2) is 6.80. The summed E-state index contributed by atoms with van der Waals surface area (Å²) in [4.78, 5) is 21.4. The number of hydrogen-bond acceptors (Lipinski definition) is 4. The van der Waals surface area contributed by atoms with Crippen molar-refractivity contribution in [3.05, 3.63) is 75.8 Å². The van der Waals surface area contributed by atoms with Gasteiger partial charge < -0.3 is 4.90 Å². The molecule has 2 aromatic heterocycles. The Kier molecular flexibility index (Phi) is 4.34. The molecule has 0 unspecified atom stereocenters. The molecule has 1 aliphatic heterocycles. The van der Waals surface area contributed by atoms with Gasteiger partial charge in [0.1, 0.15) is 0 Å². The van der Waals surface area contributed by atoms with Gasteiger partial charge in [-0.25, -0.2) is 9.67 Å². The smallest absolute Gasteiger partial charge is 0.276 e. The van der Waals surface area contributed by atoms with Crippen molar-refractivity contribution in [2.24, 2.45) is 0 Å². The van der Waals surface area contributed by atoms with E-state index < -0.39 is 0 Å². The lowest BCUT2D eigenvalue weighted by Gasteiger charge is -2.26. The third kappa shape index (κ3) is 3.15. The highest BCUT2D eigenvalue weighted by Crippen LogP contribution is 2.20. The first kappa shape index (κ1) is 16.6. The standard InChI is InChI=1S/C20H23N5O/c1-23(2)16-7-5-6-15(12-16)13-24-11-9-17-18(14-24)22-25(20(17)26)19-8-3-4-10-21-19/h3-8,10,12,22H,9,11,13-14H2,1-2H3. The summed E-state index contributed by atoms with van der Waals surface area (Å²) in [6, 6.07) is 14.2. The van der Waals surface area contributed by atoms with Crippen LogP contribution in [0.25, 0.3) is 5.82 Å². The Morgan fingerprint density at radius 1 is 1.19 bits per heavy atom. The fourth-order valence-electron chi connectivity index (χ4n) is 3.45. The van der Waals surface area contributed by atoms with Crippen LogP contribution in [-0.2, 0) is 19.5 Å². The molecular weight excluding hydrogens is 326 g/mol. The minimum absolute atomic E-state index is 0.0213. The van der Waals surface area contributed by atoms with E-state index in [2.05, 4.69) is 58.2 Å². The summed E-state index contributed by atoms with van der Waals surface area (Å²) >= 11 is 0. The number of anilines is 1. The summed E-state index contributed by atoms with van der Waals surface area (Å²) in [7, 11) is 4.11. The molecule has 3 aromatic rings. The number of hydrogen-bond donors (Lipinski definition) is 1. The number of H-pyrrole nitrogens is 1. The monoisotopic (exact) mass is 349 g/mol. The first-order valence-electron chi connectivity index (χ1n) is 8.84. The van der Waals surface area contributed by atoms with Gasteiger partial charge in [-0.2, -0.15) is 0 Å². The largest absolute Gasteiger partial charge is 0.378 e. The van der Waals surface area contributed by atoms with E-state index in [-0.39, 0.29) is 5.56 Å². The highest BCUT2D eigenvalue weighted by Gasteiger charge is 2.23. The van der Waals surface area contributed by atoms with Crippen molar-refractivity contribution in [2.75, 3.05) is 25.5 Å². The lowest BCUT2D eigenvalue weighted by atomic mass is 10.1. The van der Waals surface area contributed by atoms with Crippen LogP contribution in [0.1, 0.15) is 16.8 Å². The van der Waals surface area contributed by atoms with Crippen molar-refractivity contribution >= 4 is 5.69 Å². The van der Waals surface area contributed by atoms with Crippen LogP contribution in [0.15, 0.2) is 53.5 Å². The molecule has 0 radical (unpaired) electrons. The Morgan fingerprint density at radius 2 is 2.08 bits per heavy atom. The quantitative estimate of drug-likeness (QED) is 0.784. The van der Waals surface area contributed by atoms with Crippen LogP contribution in [-0.4, -0.2) is 40.3 Å². The molecule has 1 aliphatic rings. The van der Waals surface area contributed by atoms with Gasteiger partial charge in [-0.3, -0.25) is 14.8 Å². The van der Waals surface area contributed by atoms with Gasteiger partial charge in [0.05, 0.1) is 5.69 Å². The molecular formula is C20H23N5O. The Hall–Kier alpha value is -2.86. The first-order valence-corrected chi connectivity index (χ1v) is 8.84. The van der Waals surface area contributed by atoms with Crippen LogP contribution in [0.2, 0.25) is 0 Å². The topological polar surface area (TPSA) is 57.2 Å². The van der Waals surface area contributed by atoms with Crippen LogP contribution in [0.4, 0.5) is 5.69 Å². The summed E-state index contributed by atoms with van der Waals surface area (Å²) in [6.45, 7) is 2.50. The Balaban J connectivity index is 1.55.